The average molecular weight is 450 g/mol. The molecule has 0 atom stereocenters. The first kappa shape index (κ1) is 20.9. The molecule has 0 aliphatic heterocycles. The van der Waals surface area contributed by atoms with Crippen molar-refractivity contribution in [3.63, 3.8) is 0 Å². The summed E-state index contributed by atoms with van der Waals surface area (Å²) in [5.41, 5.74) is 1.80. The first-order valence-electron chi connectivity index (χ1n) is 9.45. The number of thiazole rings is 1. The summed E-state index contributed by atoms with van der Waals surface area (Å²) < 4.78 is 6.26. The minimum atomic E-state index is -0.231. The van der Waals surface area contributed by atoms with Crippen molar-refractivity contribution in [3.8, 4) is 5.75 Å². The Morgan fingerprint density at radius 2 is 1.71 bits per heavy atom. The summed E-state index contributed by atoms with van der Waals surface area (Å²) in [4.78, 5) is 30.3. The van der Waals surface area contributed by atoms with Crippen molar-refractivity contribution in [2.24, 2.45) is 0 Å². The van der Waals surface area contributed by atoms with E-state index in [1.807, 2.05) is 42.5 Å². The lowest BCUT2D eigenvalue weighted by Gasteiger charge is -2.08. The summed E-state index contributed by atoms with van der Waals surface area (Å²) in [7, 11) is 1.55. The highest BCUT2D eigenvalue weighted by Crippen LogP contribution is 2.35. The lowest BCUT2D eigenvalue weighted by Crippen LogP contribution is -2.14. The zero-order valence-corrected chi connectivity index (χ0v) is 18.3. The smallest absolute Gasteiger partial charge is 0.257 e. The van der Waals surface area contributed by atoms with Crippen molar-refractivity contribution in [2.45, 2.75) is 4.90 Å². The van der Waals surface area contributed by atoms with Crippen LogP contribution in [0.15, 0.2) is 77.7 Å². The number of nitrogens with zero attached hydrogens (tertiary/aromatic N) is 1. The molecular formula is C23H19N3O3S2. The van der Waals surface area contributed by atoms with E-state index in [0.717, 1.165) is 9.60 Å². The second kappa shape index (κ2) is 9.63. The maximum Gasteiger partial charge on any atom is 0.257 e. The van der Waals surface area contributed by atoms with Gasteiger partial charge < -0.3 is 10.1 Å². The third kappa shape index (κ3) is 5.22. The number of benzene rings is 3. The van der Waals surface area contributed by atoms with E-state index < -0.39 is 0 Å². The molecule has 8 heteroatoms. The Bertz CT molecular complexity index is 1210. The molecule has 6 nitrogen and oxygen atoms in total. The summed E-state index contributed by atoms with van der Waals surface area (Å²) >= 11 is 2.79. The molecule has 0 aliphatic carbocycles. The van der Waals surface area contributed by atoms with Crippen molar-refractivity contribution in [1.82, 2.24) is 4.98 Å². The standard InChI is InChI=1S/C23H19N3O3S2/c1-29-18-12-16(24-20(27)14-30-17-10-6-3-7-11-17)13-19-21(18)25-23(31-19)26-22(28)15-8-4-2-5-9-15/h2-13H,14H2,1H3,(H,24,27)(H,25,26,28). The van der Waals surface area contributed by atoms with Crippen LogP contribution in [0.3, 0.4) is 0 Å². The number of hydrogen-bond donors (Lipinski definition) is 2. The fraction of sp³-hybridized carbons (Fsp3) is 0.0870. The van der Waals surface area contributed by atoms with Crippen LogP contribution in [0.2, 0.25) is 0 Å². The third-order valence-electron chi connectivity index (χ3n) is 4.33. The number of aromatic nitrogens is 1. The molecule has 1 heterocycles. The van der Waals surface area contributed by atoms with E-state index in [1.165, 1.54) is 23.1 Å². The lowest BCUT2D eigenvalue weighted by molar-refractivity contribution is -0.113. The van der Waals surface area contributed by atoms with Crippen LogP contribution in [0.25, 0.3) is 10.2 Å². The monoisotopic (exact) mass is 449 g/mol. The van der Waals surface area contributed by atoms with Crippen molar-refractivity contribution in [1.29, 1.82) is 0 Å². The van der Waals surface area contributed by atoms with Gasteiger partial charge in [0.25, 0.3) is 5.91 Å². The van der Waals surface area contributed by atoms with Crippen LogP contribution in [0, 0.1) is 0 Å². The highest BCUT2D eigenvalue weighted by atomic mass is 32.2. The van der Waals surface area contributed by atoms with E-state index in [9.17, 15) is 9.59 Å². The van der Waals surface area contributed by atoms with Gasteiger partial charge in [-0.1, -0.05) is 47.7 Å². The van der Waals surface area contributed by atoms with Crippen LogP contribution in [0.1, 0.15) is 10.4 Å². The van der Waals surface area contributed by atoms with E-state index >= 15 is 0 Å². The van der Waals surface area contributed by atoms with Gasteiger partial charge in [-0.05, 0) is 30.3 Å². The molecule has 4 rings (SSSR count). The highest BCUT2D eigenvalue weighted by Gasteiger charge is 2.15. The predicted octanol–water partition coefficient (Wildman–Crippen LogP) is 5.29. The molecule has 4 aromatic rings. The number of ether oxygens (including phenoxy) is 1. The molecule has 0 bridgehead atoms. The minimum absolute atomic E-state index is 0.114. The molecule has 0 spiro atoms. The van der Waals surface area contributed by atoms with Crippen molar-refractivity contribution in [3.05, 3.63) is 78.4 Å². The first-order valence-corrected chi connectivity index (χ1v) is 11.3. The maximum atomic E-state index is 12.4. The molecule has 156 valence electrons. The van der Waals surface area contributed by atoms with Gasteiger partial charge in [0.05, 0.1) is 17.6 Å². The Kier molecular flexibility index (Phi) is 6.49. The van der Waals surface area contributed by atoms with Crippen LogP contribution in [0.5, 0.6) is 5.75 Å². The van der Waals surface area contributed by atoms with E-state index in [1.54, 1.807) is 37.4 Å². The molecule has 31 heavy (non-hydrogen) atoms. The summed E-state index contributed by atoms with van der Waals surface area (Å²) in [6.45, 7) is 0. The summed E-state index contributed by atoms with van der Waals surface area (Å²) in [5.74, 6) is 0.480. The van der Waals surface area contributed by atoms with Crippen LogP contribution in [0.4, 0.5) is 10.8 Å². The number of thioether (sulfide) groups is 1. The molecule has 2 amide bonds. The molecule has 0 saturated heterocycles. The van der Waals surface area contributed by atoms with Gasteiger partial charge in [-0.15, -0.1) is 11.8 Å². The predicted molar refractivity (Wildman–Crippen MR) is 126 cm³/mol. The van der Waals surface area contributed by atoms with Gasteiger partial charge in [-0.2, -0.15) is 0 Å². The van der Waals surface area contributed by atoms with E-state index in [2.05, 4.69) is 15.6 Å². The van der Waals surface area contributed by atoms with Crippen LogP contribution in [-0.2, 0) is 4.79 Å². The van der Waals surface area contributed by atoms with Gasteiger partial charge >= 0.3 is 0 Å². The normalized spacial score (nSPS) is 10.6. The average Bonchev–Trinajstić information content (AvgIpc) is 3.20. The number of hydrogen-bond acceptors (Lipinski definition) is 6. The molecule has 0 saturated carbocycles. The van der Waals surface area contributed by atoms with E-state index in [0.29, 0.717) is 33.4 Å². The number of nitrogens with one attached hydrogen (secondary N) is 2. The maximum absolute atomic E-state index is 12.4. The number of amides is 2. The Balaban J connectivity index is 1.49. The molecule has 0 aliphatic rings. The summed E-state index contributed by atoms with van der Waals surface area (Å²) in [5, 5.41) is 6.19. The van der Waals surface area contributed by atoms with E-state index in [-0.39, 0.29) is 11.8 Å². The topological polar surface area (TPSA) is 80.3 Å². The minimum Gasteiger partial charge on any atom is -0.494 e. The molecule has 0 unspecified atom stereocenters. The summed E-state index contributed by atoms with van der Waals surface area (Å²) in [6, 6.07) is 22.3. The molecule has 0 fully saturated rings. The Morgan fingerprint density at radius 3 is 2.42 bits per heavy atom. The van der Waals surface area contributed by atoms with Crippen LogP contribution in [-0.4, -0.2) is 29.7 Å². The Hall–Kier alpha value is -3.36. The van der Waals surface area contributed by atoms with Gasteiger partial charge in [0.15, 0.2) is 5.13 Å². The van der Waals surface area contributed by atoms with Gasteiger partial charge in [-0.25, -0.2) is 4.98 Å². The van der Waals surface area contributed by atoms with Crippen molar-refractivity contribution in [2.75, 3.05) is 23.5 Å². The molecule has 3 aromatic carbocycles. The number of carbonyl (C=O) groups excluding carboxylic acids is 2. The largest absolute Gasteiger partial charge is 0.494 e. The van der Waals surface area contributed by atoms with Crippen molar-refractivity contribution < 1.29 is 14.3 Å². The first-order chi connectivity index (χ1) is 15.1. The number of rotatable bonds is 7. The third-order valence-corrected chi connectivity index (χ3v) is 6.26. The highest BCUT2D eigenvalue weighted by molar-refractivity contribution is 8.00. The Labute approximate surface area is 187 Å². The fourth-order valence-corrected chi connectivity index (χ4v) is 4.54. The molecular weight excluding hydrogens is 430 g/mol. The second-order valence-corrected chi connectivity index (χ2v) is 8.59. The second-order valence-electron chi connectivity index (χ2n) is 6.51. The van der Waals surface area contributed by atoms with E-state index in [4.69, 9.17) is 4.74 Å². The quantitative estimate of drug-likeness (QED) is 0.375. The molecule has 2 N–H and O–H groups in total. The fourth-order valence-electron chi connectivity index (χ4n) is 2.90. The molecule has 1 aromatic heterocycles. The zero-order valence-electron chi connectivity index (χ0n) is 16.6. The van der Waals surface area contributed by atoms with Gasteiger partial charge in [0.2, 0.25) is 5.91 Å². The SMILES string of the molecule is COc1cc(NC(=O)CSc2ccccc2)cc2sc(NC(=O)c3ccccc3)nc12. The number of anilines is 2. The number of methoxy groups -OCH3 is 1. The zero-order chi connectivity index (χ0) is 21.6. The number of fused-ring (bicyclic) bond motifs is 1. The van der Waals surface area contributed by atoms with Crippen LogP contribution >= 0.6 is 23.1 Å². The number of carbonyl (C=O) groups is 2. The van der Waals surface area contributed by atoms with Gasteiger partial charge in [0.1, 0.15) is 11.3 Å². The van der Waals surface area contributed by atoms with Crippen molar-refractivity contribution >= 4 is 55.9 Å². The summed E-state index contributed by atoms with van der Waals surface area (Å²) in [6.07, 6.45) is 0. The van der Waals surface area contributed by atoms with Crippen LogP contribution < -0.4 is 15.4 Å². The molecule has 0 radical (unpaired) electrons. The Morgan fingerprint density at radius 1 is 1.00 bits per heavy atom. The van der Waals surface area contributed by atoms with Gasteiger partial charge in [-0.3, -0.25) is 14.9 Å². The lowest BCUT2D eigenvalue weighted by atomic mass is 10.2. The van der Waals surface area contributed by atoms with Gasteiger partial charge in [0, 0.05) is 22.2 Å².